The molecule has 3 heteroatoms. The molecule has 1 aliphatic heterocycles. The number of rotatable bonds is 4. The zero-order valence-electron chi connectivity index (χ0n) is 12.2. The minimum absolute atomic E-state index is 0.570. The summed E-state index contributed by atoms with van der Waals surface area (Å²) >= 11 is 2.14. The zero-order chi connectivity index (χ0) is 12.8. The monoisotopic (exact) mass is 270 g/mol. The first-order valence-electron chi connectivity index (χ1n) is 7.79. The molecule has 0 aromatic rings. The second-order valence-electron chi connectivity index (χ2n) is 6.10. The Balaban J connectivity index is 1.92. The predicted molar refractivity (Wildman–Crippen MR) is 82.5 cm³/mol. The van der Waals surface area contributed by atoms with Crippen LogP contribution in [-0.2, 0) is 0 Å². The molecule has 2 nitrogen and oxygen atoms in total. The van der Waals surface area contributed by atoms with Crippen LogP contribution in [0.1, 0.15) is 51.9 Å². The van der Waals surface area contributed by atoms with Crippen molar-refractivity contribution in [1.82, 2.24) is 10.2 Å². The van der Waals surface area contributed by atoms with Crippen molar-refractivity contribution in [3.63, 3.8) is 0 Å². The van der Waals surface area contributed by atoms with Crippen LogP contribution in [0, 0.1) is 0 Å². The molecule has 106 valence electrons. The SMILES string of the molecule is CCC1CN(CC2(SC)CCCCC2)CCCN1. The van der Waals surface area contributed by atoms with Gasteiger partial charge in [0.15, 0.2) is 0 Å². The minimum Gasteiger partial charge on any atom is -0.313 e. The van der Waals surface area contributed by atoms with Crippen LogP contribution in [0.2, 0.25) is 0 Å². The largest absolute Gasteiger partial charge is 0.313 e. The van der Waals surface area contributed by atoms with Gasteiger partial charge >= 0.3 is 0 Å². The Hall–Kier alpha value is 0.270. The maximum atomic E-state index is 3.68. The van der Waals surface area contributed by atoms with E-state index in [0.717, 1.165) is 6.04 Å². The van der Waals surface area contributed by atoms with Gasteiger partial charge in [-0.1, -0.05) is 26.2 Å². The molecule has 0 aromatic heterocycles. The van der Waals surface area contributed by atoms with Crippen molar-refractivity contribution in [3.8, 4) is 0 Å². The molecular weight excluding hydrogens is 240 g/mol. The zero-order valence-corrected chi connectivity index (χ0v) is 13.0. The highest BCUT2D eigenvalue weighted by molar-refractivity contribution is 8.00. The summed E-state index contributed by atoms with van der Waals surface area (Å²) in [4.78, 5) is 2.75. The maximum Gasteiger partial charge on any atom is 0.0284 e. The summed E-state index contributed by atoms with van der Waals surface area (Å²) in [6, 6.07) is 0.718. The van der Waals surface area contributed by atoms with Gasteiger partial charge in [0, 0.05) is 23.9 Å². The van der Waals surface area contributed by atoms with Gasteiger partial charge in [0.1, 0.15) is 0 Å². The average molecular weight is 270 g/mol. The van der Waals surface area contributed by atoms with Crippen LogP contribution in [0.4, 0.5) is 0 Å². The van der Waals surface area contributed by atoms with E-state index in [1.165, 1.54) is 71.1 Å². The average Bonchev–Trinajstić information content (AvgIpc) is 2.65. The fraction of sp³-hybridized carbons (Fsp3) is 1.00. The Morgan fingerprint density at radius 3 is 2.67 bits per heavy atom. The molecule has 1 aliphatic carbocycles. The molecule has 18 heavy (non-hydrogen) atoms. The van der Waals surface area contributed by atoms with Crippen molar-refractivity contribution in [1.29, 1.82) is 0 Å². The molecule has 1 unspecified atom stereocenters. The highest BCUT2D eigenvalue weighted by atomic mass is 32.2. The van der Waals surface area contributed by atoms with Gasteiger partial charge in [-0.2, -0.15) is 11.8 Å². The second-order valence-corrected chi connectivity index (χ2v) is 7.37. The number of hydrogen-bond acceptors (Lipinski definition) is 3. The Morgan fingerprint density at radius 2 is 2.00 bits per heavy atom. The summed E-state index contributed by atoms with van der Waals surface area (Å²) in [6.07, 6.45) is 12.2. The number of hydrogen-bond donors (Lipinski definition) is 1. The van der Waals surface area contributed by atoms with Crippen LogP contribution in [0.3, 0.4) is 0 Å². The number of nitrogens with one attached hydrogen (secondary N) is 1. The fourth-order valence-corrected chi connectivity index (χ4v) is 4.53. The van der Waals surface area contributed by atoms with E-state index >= 15 is 0 Å². The van der Waals surface area contributed by atoms with Crippen molar-refractivity contribution < 1.29 is 0 Å². The van der Waals surface area contributed by atoms with Crippen molar-refractivity contribution in [2.45, 2.75) is 62.7 Å². The molecule has 0 aromatic carbocycles. The lowest BCUT2D eigenvalue weighted by Gasteiger charge is -2.40. The first-order chi connectivity index (χ1) is 8.78. The summed E-state index contributed by atoms with van der Waals surface area (Å²) in [5.74, 6) is 0. The van der Waals surface area contributed by atoms with Crippen LogP contribution < -0.4 is 5.32 Å². The van der Waals surface area contributed by atoms with E-state index in [4.69, 9.17) is 0 Å². The topological polar surface area (TPSA) is 15.3 Å². The van der Waals surface area contributed by atoms with Gasteiger partial charge in [0.25, 0.3) is 0 Å². The van der Waals surface area contributed by atoms with Crippen LogP contribution in [0.15, 0.2) is 0 Å². The van der Waals surface area contributed by atoms with Gasteiger partial charge in [0.2, 0.25) is 0 Å². The van der Waals surface area contributed by atoms with Gasteiger partial charge in [-0.25, -0.2) is 0 Å². The van der Waals surface area contributed by atoms with E-state index in [1.54, 1.807) is 0 Å². The first kappa shape index (κ1) is 14.7. The smallest absolute Gasteiger partial charge is 0.0284 e. The second kappa shape index (κ2) is 7.16. The van der Waals surface area contributed by atoms with E-state index in [1.807, 2.05) is 0 Å². The molecule has 2 aliphatic rings. The highest BCUT2D eigenvalue weighted by Gasteiger charge is 2.33. The van der Waals surface area contributed by atoms with E-state index in [9.17, 15) is 0 Å². The lowest BCUT2D eigenvalue weighted by Crippen LogP contribution is -2.45. The molecule has 0 radical (unpaired) electrons. The highest BCUT2D eigenvalue weighted by Crippen LogP contribution is 2.39. The molecule has 1 atom stereocenters. The van der Waals surface area contributed by atoms with Gasteiger partial charge in [-0.3, -0.25) is 0 Å². The Labute approximate surface area is 117 Å². The fourth-order valence-electron chi connectivity index (χ4n) is 3.52. The van der Waals surface area contributed by atoms with Crippen molar-refractivity contribution >= 4 is 11.8 Å². The first-order valence-corrected chi connectivity index (χ1v) is 9.01. The standard InChI is InChI=1S/C15H30N2S/c1-3-14-12-17(11-7-10-16-14)13-15(18-2)8-5-4-6-9-15/h14,16H,3-13H2,1-2H3. The number of nitrogens with zero attached hydrogens (tertiary/aromatic N) is 1. The molecule has 1 saturated heterocycles. The molecule has 2 fully saturated rings. The van der Waals surface area contributed by atoms with Crippen molar-refractivity contribution in [3.05, 3.63) is 0 Å². The summed E-state index contributed by atoms with van der Waals surface area (Å²) < 4.78 is 0.570. The van der Waals surface area contributed by atoms with Crippen molar-refractivity contribution in [2.75, 3.05) is 32.4 Å². The van der Waals surface area contributed by atoms with E-state index in [-0.39, 0.29) is 0 Å². The lowest BCUT2D eigenvalue weighted by molar-refractivity contribution is 0.215. The van der Waals surface area contributed by atoms with Crippen molar-refractivity contribution in [2.24, 2.45) is 0 Å². The minimum atomic E-state index is 0.570. The third kappa shape index (κ3) is 3.88. The third-order valence-corrected chi connectivity index (χ3v) is 6.17. The van der Waals surface area contributed by atoms with Crippen LogP contribution in [0.25, 0.3) is 0 Å². The summed E-state index contributed by atoms with van der Waals surface area (Å²) in [5.41, 5.74) is 0. The van der Waals surface area contributed by atoms with Gasteiger partial charge in [-0.05, 0) is 45.0 Å². The van der Waals surface area contributed by atoms with Gasteiger partial charge < -0.3 is 10.2 Å². The quantitative estimate of drug-likeness (QED) is 0.845. The molecule has 0 amide bonds. The molecule has 0 spiro atoms. The molecule has 1 saturated carbocycles. The summed E-state index contributed by atoms with van der Waals surface area (Å²) in [6.45, 7) is 7.41. The summed E-state index contributed by atoms with van der Waals surface area (Å²) in [5, 5.41) is 3.68. The number of thioether (sulfide) groups is 1. The Kier molecular flexibility index (Phi) is 5.84. The van der Waals surface area contributed by atoms with Gasteiger partial charge in [0.05, 0.1) is 0 Å². The molecule has 0 bridgehead atoms. The predicted octanol–water partition coefficient (Wildman–Crippen LogP) is 3.13. The van der Waals surface area contributed by atoms with E-state index < -0.39 is 0 Å². The Bertz CT molecular complexity index is 239. The summed E-state index contributed by atoms with van der Waals surface area (Å²) in [7, 11) is 0. The normalized spacial score (nSPS) is 30.0. The lowest BCUT2D eigenvalue weighted by atomic mass is 9.87. The molecular formula is C15H30N2S. The van der Waals surface area contributed by atoms with Crippen LogP contribution >= 0.6 is 11.8 Å². The maximum absolute atomic E-state index is 3.68. The van der Waals surface area contributed by atoms with Crippen LogP contribution in [0.5, 0.6) is 0 Å². The van der Waals surface area contributed by atoms with Crippen LogP contribution in [-0.4, -0.2) is 48.1 Å². The molecule has 1 heterocycles. The van der Waals surface area contributed by atoms with E-state index in [0.29, 0.717) is 4.75 Å². The molecule has 2 rings (SSSR count). The van der Waals surface area contributed by atoms with E-state index in [2.05, 4.69) is 35.2 Å². The third-order valence-electron chi connectivity index (χ3n) is 4.77. The Morgan fingerprint density at radius 1 is 1.22 bits per heavy atom. The van der Waals surface area contributed by atoms with Gasteiger partial charge in [-0.15, -0.1) is 0 Å². The molecule has 1 N–H and O–H groups in total.